The van der Waals surface area contributed by atoms with Gasteiger partial charge in [0.15, 0.2) is 0 Å². The summed E-state index contributed by atoms with van der Waals surface area (Å²) >= 11 is 0. The van der Waals surface area contributed by atoms with E-state index in [2.05, 4.69) is 16.0 Å². The van der Waals surface area contributed by atoms with Gasteiger partial charge in [-0.25, -0.2) is 9.18 Å². The van der Waals surface area contributed by atoms with Gasteiger partial charge in [0.05, 0.1) is 0 Å². The SMILES string of the molecule is O=C(NCC1CC(F)CN1)Nc1ccc2ccccc2c1. The standard InChI is InChI=1S/C16H18FN3O/c17-13-8-15(18-9-13)10-19-16(21)20-14-6-5-11-3-1-2-4-12(11)7-14/h1-7,13,15,18H,8-10H2,(H2,19,20,21). The predicted molar refractivity (Wildman–Crippen MR) is 82.3 cm³/mol. The zero-order chi connectivity index (χ0) is 14.7. The van der Waals surface area contributed by atoms with E-state index in [9.17, 15) is 9.18 Å². The van der Waals surface area contributed by atoms with E-state index in [1.807, 2.05) is 42.5 Å². The summed E-state index contributed by atoms with van der Waals surface area (Å²) in [4.78, 5) is 11.8. The van der Waals surface area contributed by atoms with E-state index in [1.165, 1.54) is 0 Å². The van der Waals surface area contributed by atoms with Crippen LogP contribution < -0.4 is 16.0 Å². The fourth-order valence-corrected chi connectivity index (χ4v) is 2.58. The first-order valence-electron chi connectivity index (χ1n) is 7.12. The summed E-state index contributed by atoms with van der Waals surface area (Å²) in [6, 6.07) is 13.5. The molecule has 1 saturated heterocycles. The monoisotopic (exact) mass is 287 g/mol. The van der Waals surface area contributed by atoms with E-state index in [1.54, 1.807) is 0 Å². The Labute approximate surface area is 122 Å². The molecule has 2 aromatic carbocycles. The van der Waals surface area contributed by atoms with Crippen LogP contribution in [0.15, 0.2) is 42.5 Å². The zero-order valence-corrected chi connectivity index (χ0v) is 11.6. The molecule has 1 fully saturated rings. The number of carbonyl (C=O) groups excluding carboxylic acids is 1. The Kier molecular flexibility index (Phi) is 4.01. The van der Waals surface area contributed by atoms with Crippen LogP contribution in [0.25, 0.3) is 10.8 Å². The van der Waals surface area contributed by atoms with Crippen LogP contribution in [0.5, 0.6) is 0 Å². The van der Waals surface area contributed by atoms with E-state index in [-0.39, 0.29) is 12.1 Å². The Morgan fingerprint density at radius 1 is 1.24 bits per heavy atom. The summed E-state index contributed by atoms with van der Waals surface area (Å²) in [5.41, 5.74) is 0.744. The number of urea groups is 1. The van der Waals surface area contributed by atoms with Crippen molar-refractivity contribution >= 4 is 22.5 Å². The van der Waals surface area contributed by atoms with Gasteiger partial charge in [-0.1, -0.05) is 30.3 Å². The third-order valence-corrected chi connectivity index (χ3v) is 3.68. The van der Waals surface area contributed by atoms with Crippen LogP contribution in [0, 0.1) is 0 Å². The van der Waals surface area contributed by atoms with Crippen molar-refractivity contribution in [3.63, 3.8) is 0 Å². The van der Waals surface area contributed by atoms with Gasteiger partial charge in [-0.2, -0.15) is 0 Å². The van der Waals surface area contributed by atoms with Crippen LogP contribution in [0.1, 0.15) is 6.42 Å². The first kappa shape index (κ1) is 13.8. The van der Waals surface area contributed by atoms with Crippen molar-refractivity contribution < 1.29 is 9.18 Å². The highest BCUT2D eigenvalue weighted by molar-refractivity contribution is 5.93. The molecule has 1 aliphatic heterocycles. The lowest BCUT2D eigenvalue weighted by molar-refractivity contribution is 0.251. The quantitative estimate of drug-likeness (QED) is 0.813. The number of hydrogen-bond donors (Lipinski definition) is 3. The lowest BCUT2D eigenvalue weighted by Crippen LogP contribution is -2.39. The van der Waals surface area contributed by atoms with Crippen molar-refractivity contribution in [2.24, 2.45) is 0 Å². The highest BCUT2D eigenvalue weighted by Crippen LogP contribution is 2.18. The average Bonchev–Trinajstić information content (AvgIpc) is 2.91. The minimum atomic E-state index is -0.805. The van der Waals surface area contributed by atoms with Gasteiger partial charge < -0.3 is 16.0 Å². The van der Waals surface area contributed by atoms with E-state index in [0.29, 0.717) is 19.5 Å². The number of alkyl halides is 1. The van der Waals surface area contributed by atoms with Crippen LogP contribution >= 0.6 is 0 Å². The number of hydrogen-bond acceptors (Lipinski definition) is 2. The van der Waals surface area contributed by atoms with Crippen molar-refractivity contribution in [1.82, 2.24) is 10.6 Å². The third-order valence-electron chi connectivity index (χ3n) is 3.68. The molecular formula is C16H18FN3O. The van der Waals surface area contributed by atoms with Crippen molar-refractivity contribution in [1.29, 1.82) is 0 Å². The minimum Gasteiger partial charge on any atom is -0.336 e. The van der Waals surface area contributed by atoms with Gasteiger partial charge in [0, 0.05) is 24.8 Å². The lowest BCUT2D eigenvalue weighted by Gasteiger charge is -2.12. The number of rotatable bonds is 3. The molecule has 0 saturated carbocycles. The number of nitrogens with one attached hydrogen (secondary N) is 3. The maximum absolute atomic E-state index is 13.0. The minimum absolute atomic E-state index is 0.0161. The number of fused-ring (bicyclic) bond motifs is 1. The van der Waals surface area contributed by atoms with Crippen molar-refractivity contribution in [3.8, 4) is 0 Å². The molecule has 4 nitrogen and oxygen atoms in total. The molecule has 5 heteroatoms. The molecule has 1 heterocycles. The van der Waals surface area contributed by atoms with Crippen molar-refractivity contribution in [3.05, 3.63) is 42.5 Å². The van der Waals surface area contributed by atoms with Gasteiger partial charge >= 0.3 is 6.03 Å². The van der Waals surface area contributed by atoms with E-state index in [4.69, 9.17) is 0 Å². The van der Waals surface area contributed by atoms with Crippen LogP contribution in [-0.2, 0) is 0 Å². The Morgan fingerprint density at radius 3 is 2.81 bits per heavy atom. The summed E-state index contributed by atoms with van der Waals surface area (Å²) in [5.74, 6) is 0. The Bertz CT molecular complexity index is 646. The molecule has 2 amide bonds. The van der Waals surface area contributed by atoms with Gasteiger partial charge in [-0.3, -0.25) is 0 Å². The number of amides is 2. The Balaban J connectivity index is 1.56. The number of benzene rings is 2. The van der Waals surface area contributed by atoms with Crippen molar-refractivity contribution in [2.45, 2.75) is 18.6 Å². The molecule has 110 valence electrons. The average molecular weight is 287 g/mol. The molecule has 0 bridgehead atoms. The van der Waals surface area contributed by atoms with E-state index >= 15 is 0 Å². The molecule has 1 aliphatic rings. The summed E-state index contributed by atoms with van der Waals surface area (Å²) in [5, 5.41) is 10.8. The molecule has 0 radical (unpaired) electrons. The smallest absolute Gasteiger partial charge is 0.319 e. The third kappa shape index (κ3) is 3.49. The Morgan fingerprint density at radius 2 is 2.05 bits per heavy atom. The molecule has 3 N–H and O–H groups in total. The first-order chi connectivity index (χ1) is 10.2. The summed E-state index contributed by atoms with van der Waals surface area (Å²) in [6.45, 7) is 0.804. The summed E-state index contributed by atoms with van der Waals surface area (Å²) in [7, 11) is 0. The molecule has 2 aromatic rings. The zero-order valence-electron chi connectivity index (χ0n) is 11.6. The predicted octanol–water partition coefficient (Wildman–Crippen LogP) is 2.66. The second-order valence-corrected chi connectivity index (χ2v) is 5.34. The second kappa shape index (κ2) is 6.10. The molecule has 21 heavy (non-hydrogen) atoms. The summed E-state index contributed by atoms with van der Waals surface area (Å²) < 4.78 is 13.0. The van der Waals surface area contributed by atoms with Gasteiger partial charge in [0.1, 0.15) is 6.17 Å². The molecule has 3 rings (SSSR count). The highest BCUT2D eigenvalue weighted by Gasteiger charge is 2.23. The lowest BCUT2D eigenvalue weighted by atomic mass is 10.1. The number of halogens is 1. The molecular weight excluding hydrogens is 269 g/mol. The normalized spacial score (nSPS) is 21.4. The highest BCUT2D eigenvalue weighted by atomic mass is 19.1. The molecule has 0 aromatic heterocycles. The number of carbonyl (C=O) groups is 1. The number of anilines is 1. The van der Waals surface area contributed by atoms with Crippen LogP contribution in [0.2, 0.25) is 0 Å². The maximum atomic E-state index is 13.0. The fourth-order valence-electron chi connectivity index (χ4n) is 2.58. The topological polar surface area (TPSA) is 53.2 Å². The van der Waals surface area contributed by atoms with Crippen molar-refractivity contribution in [2.75, 3.05) is 18.4 Å². The van der Waals surface area contributed by atoms with Crippen LogP contribution in [0.4, 0.5) is 14.9 Å². The van der Waals surface area contributed by atoms with Gasteiger partial charge in [0.25, 0.3) is 0 Å². The van der Waals surface area contributed by atoms with Gasteiger partial charge in [-0.15, -0.1) is 0 Å². The summed E-state index contributed by atoms with van der Waals surface area (Å²) in [6.07, 6.45) is -0.351. The molecule has 0 aliphatic carbocycles. The Hall–Kier alpha value is -2.14. The van der Waals surface area contributed by atoms with E-state index < -0.39 is 6.17 Å². The first-order valence-corrected chi connectivity index (χ1v) is 7.12. The van der Waals surface area contributed by atoms with E-state index in [0.717, 1.165) is 16.5 Å². The molecule has 2 unspecified atom stereocenters. The van der Waals surface area contributed by atoms with Crippen LogP contribution in [0.3, 0.4) is 0 Å². The van der Waals surface area contributed by atoms with Gasteiger partial charge in [-0.05, 0) is 29.3 Å². The largest absolute Gasteiger partial charge is 0.336 e. The van der Waals surface area contributed by atoms with Crippen LogP contribution in [-0.4, -0.2) is 31.3 Å². The second-order valence-electron chi connectivity index (χ2n) is 5.34. The van der Waals surface area contributed by atoms with Gasteiger partial charge in [0.2, 0.25) is 0 Å². The fraction of sp³-hybridized carbons (Fsp3) is 0.312. The molecule has 0 spiro atoms. The molecule has 2 atom stereocenters. The maximum Gasteiger partial charge on any atom is 0.319 e.